The molecule has 0 heterocycles. The lowest BCUT2D eigenvalue weighted by Gasteiger charge is -2.04. The van der Waals surface area contributed by atoms with Crippen LogP contribution in [0.1, 0.15) is 20.8 Å². The predicted octanol–water partition coefficient (Wildman–Crippen LogP) is 2.28. The van der Waals surface area contributed by atoms with E-state index in [1.54, 1.807) is 13.1 Å². The zero-order valence-electron chi connectivity index (χ0n) is 9.19. The highest BCUT2D eigenvalue weighted by atomic mass is 16.5. The number of hydrogen-bond donors (Lipinski definition) is 0. The van der Waals surface area contributed by atoms with Crippen LogP contribution in [0.2, 0.25) is 0 Å². The maximum Gasteiger partial charge on any atom is 0.317 e. The van der Waals surface area contributed by atoms with Gasteiger partial charge in [0.05, 0.1) is 7.11 Å². The molecule has 0 aliphatic heterocycles. The summed E-state index contributed by atoms with van der Waals surface area (Å²) in [4.78, 5) is 12.1. The van der Waals surface area contributed by atoms with Crippen LogP contribution in [0.25, 0.3) is 0 Å². The van der Waals surface area contributed by atoms with Crippen LogP contribution in [0, 0.1) is 5.92 Å². The summed E-state index contributed by atoms with van der Waals surface area (Å²) in [7, 11) is 1.53. The van der Waals surface area contributed by atoms with Crippen molar-refractivity contribution in [1.82, 2.24) is 0 Å². The first kappa shape index (κ1) is 12.6. The molecule has 0 aromatic rings. The molecule has 0 amide bonds. The van der Waals surface area contributed by atoms with Gasteiger partial charge in [0, 0.05) is 18.3 Å². The maximum absolute atomic E-state index is 4.95. The van der Waals surface area contributed by atoms with Crippen molar-refractivity contribution < 1.29 is 4.74 Å². The molecule has 0 bridgehead atoms. The van der Waals surface area contributed by atoms with Crippen molar-refractivity contribution in [1.29, 1.82) is 0 Å². The van der Waals surface area contributed by atoms with E-state index in [-0.39, 0.29) is 5.92 Å². The predicted molar refractivity (Wildman–Crippen MR) is 61.1 cm³/mol. The minimum absolute atomic E-state index is 0.213. The Morgan fingerprint density at radius 2 is 2.07 bits per heavy atom. The molecule has 0 spiro atoms. The Balaban J connectivity index is 4.85. The molecular formula is C10H17N3O. The zero-order chi connectivity index (χ0) is 11.0. The van der Waals surface area contributed by atoms with Gasteiger partial charge >= 0.3 is 6.02 Å². The molecular weight excluding hydrogens is 178 g/mol. The Labute approximate surface area is 85.1 Å². The van der Waals surface area contributed by atoms with Gasteiger partial charge in [0.2, 0.25) is 0 Å². The average molecular weight is 195 g/mol. The highest BCUT2D eigenvalue weighted by Crippen LogP contribution is 2.00. The molecule has 0 aliphatic rings. The first-order valence-electron chi connectivity index (χ1n) is 4.45. The molecule has 78 valence electrons. The number of nitrogens with zero attached hydrogens (tertiary/aromatic N) is 3. The van der Waals surface area contributed by atoms with E-state index in [1.165, 1.54) is 13.3 Å². The largest absolute Gasteiger partial charge is 0.467 e. The van der Waals surface area contributed by atoms with E-state index >= 15 is 0 Å². The van der Waals surface area contributed by atoms with E-state index in [0.29, 0.717) is 11.9 Å². The van der Waals surface area contributed by atoms with Crippen molar-refractivity contribution >= 4 is 18.1 Å². The van der Waals surface area contributed by atoms with Gasteiger partial charge in [0.15, 0.2) is 0 Å². The number of hydrogen-bond acceptors (Lipinski definition) is 2. The molecule has 0 atom stereocenters. The molecule has 0 unspecified atom stereocenters. The summed E-state index contributed by atoms with van der Waals surface area (Å²) in [5, 5.41) is 0. The average Bonchev–Trinajstić information content (AvgIpc) is 2.15. The molecule has 4 nitrogen and oxygen atoms in total. The maximum atomic E-state index is 4.95. The number of ether oxygens (including phenoxy) is 1. The van der Waals surface area contributed by atoms with Crippen LogP contribution in [0.3, 0.4) is 0 Å². The van der Waals surface area contributed by atoms with E-state index in [1.807, 2.05) is 13.8 Å². The van der Waals surface area contributed by atoms with E-state index in [4.69, 9.17) is 4.74 Å². The molecule has 0 aliphatic carbocycles. The molecule has 0 aromatic heterocycles. The highest BCUT2D eigenvalue weighted by Gasteiger charge is 2.04. The van der Waals surface area contributed by atoms with Crippen molar-refractivity contribution in [3.8, 4) is 0 Å². The first-order chi connectivity index (χ1) is 6.65. The third kappa shape index (κ3) is 4.54. The minimum atomic E-state index is 0.213. The summed E-state index contributed by atoms with van der Waals surface area (Å²) in [5.74, 6) is 0.868. The first-order valence-corrected chi connectivity index (χ1v) is 4.45. The van der Waals surface area contributed by atoms with Crippen molar-refractivity contribution in [2.24, 2.45) is 20.9 Å². The molecule has 0 fully saturated rings. The fourth-order valence-electron chi connectivity index (χ4n) is 0.736. The van der Waals surface area contributed by atoms with Crippen LogP contribution in [-0.2, 0) is 4.74 Å². The van der Waals surface area contributed by atoms with Crippen molar-refractivity contribution in [3.63, 3.8) is 0 Å². The standard InChI is InChI=1S/C10H17N3O/c1-6-11-9(8(3)4)13-10(14-5)12-7-2/h6-8H,1H2,2-5H3/b11-9-,12-7+,13-10+. The van der Waals surface area contributed by atoms with Crippen molar-refractivity contribution in [2.45, 2.75) is 20.8 Å². The summed E-state index contributed by atoms with van der Waals surface area (Å²) < 4.78 is 4.95. The molecule has 0 saturated carbocycles. The van der Waals surface area contributed by atoms with Gasteiger partial charge in [-0.2, -0.15) is 4.99 Å². The second-order valence-electron chi connectivity index (χ2n) is 2.81. The lowest BCUT2D eigenvalue weighted by molar-refractivity contribution is 0.398. The fourth-order valence-corrected chi connectivity index (χ4v) is 0.736. The molecule has 14 heavy (non-hydrogen) atoms. The Hall–Kier alpha value is -1.45. The quantitative estimate of drug-likeness (QED) is 0.492. The summed E-state index contributed by atoms with van der Waals surface area (Å²) in [5.41, 5.74) is 0. The fraction of sp³-hybridized carbons (Fsp3) is 0.500. The molecule has 0 N–H and O–H groups in total. The van der Waals surface area contributed by atoms with Crippen LogP contribution in [0.15, 0.2) is 27.8 Å². The van der Waals surface area contributed by atoms with E-state index < -0.39 is 0 Å². The second-order valence-corrected chi connectivity index (χ2v) is 2.81. The van der Waals surface area contributed by atoms with E-state index in [9.17, 15) is 0 Å². The van der Waals surface area contributed by atoms with Crippen LogP contribution in [0.4, 0.5) is 0 Å². The molecule has 0 radical (unpaired) electrons. The number of rotatable bonds is 2. The topological polar surface area (TPSA) is 46.3 Å². The zero-order valence-corrected chi connectivity index (χ0v) is 9.19. The summed E-state index contributed by atoms with van der Waals surface area (Å²) >= 11 is 0. The molecule has 0 saturated heterocycles. The molecule has 0 aromatic carbocycles. The lowest BCUT2D eigenvalue weighted by atomic mass is 10.2. The van der Waals surface area contributed by atoms with Gasteiger partial charge in [-0.25, -0.2) is 9.98 Å². The van der Waals surface area contributed by atoms with Crippen LogP contribution >= 0.6 is 0 Å². The smallest absolute Gasteiger partial charge is 0.317 e. The van der Waals surface area contributed by atoms with Gasteiger partial charge in [0.25, 0.3) is 0 Å². The van der Waals surface area contributed by atoms with Gasteiger partial charge < -0.3 is 4.74 Å². The summed E-state index contributed by atoms with van der Waals surface area (Å²) in [6.45, 7) is 9.32. The SMILES string of the molecule is C=C\N=C(/N=C(\N=C\C)OC)C(C)C. The number of aliphatic imine (C=N–C) groups is 3. The van der Waals surface area contributed by atoms with Gasteiger partial charge in [-0.15, -0.1) is 0 Å². The van der Waals surface area contributed by atoms with Crippen LogP contribution in [-0.4, -0.2) is 25.2 Å². The van der Waals surface area contributed by atoms with Gasteiger partial charge in [0.1, 0.15) is 5.84 Å². The number of amidine groups is 2. The Morgan fingerprint density at radius 3 is 2.43 bits per heavy atom. The summed E-state index contributed by atoms with van der Waals surface area (Å²) in [6, 6.07) is 0.307. The van der Waals surface area contributed by atoms with Crippen LogP contribution < -0.4 is 0 Å². The van der Waals surface area contributed by atoms with Gasteiger partial charge in [-0.1, -0.05) is 20.4 Å². The number of methoxy groups -OCH3 is 1. The highest BCUT2D eigenvalue weighted by molar-refractivity contribution is 5.97. The Bertz CT molecular complexity index is 265. The van der Waals surface area contributed by atoms with Gasteiger partial charge in [-0.3, -0.25) is 0 Å². The minimum Gasteiger partial charge on any atom is -0.467 e. The third-order valence-electron chi connectivity index (χ3n) is 1.37. The third-order valence-corrected chi connectivity index (χ3v) is 1.37. The van der Waals surface area contributed by atoms with Crippen LogP contribution in [0.5, 0.6) is 0 Å². The lowest BCUT2D eigenvalue weighted by Crippen LogP contribution is -2.09. The van der Waals surface area contributed by atoms with E-state index in [0.717, 1.165) is 0 Å². The molecule has 0 rings (SSSR count). The Morgan fingerprint density at radius 1 is 1.43 bits per heavy atom. The monoisotopic (exact) mass is 195 g/mol. The second kappa shape index (κ2) is 7.00. The Kier molecular flexibility index (Phi) is 6.28. The summed E-state index contributed by atoms with van der Waals surface area (Å²) in [6.07, 6.45) is 3.08. The molecule has 4 heteroatoms. The van der Waals surface area contributed by atoms with Crippen molar-refractivity contribution in [3.05, 3.63) is 12.8 Å². The van der Waals surface area contributed by atoms with Crippen molar-refractivity contribution in [2.75, 3.05) is 7.11 Å². The van der Waals surface area contributed by atoms with E-state index in [2.05, 4.69) is 21.6 Å². The van der Waals surface area contributed by atoms with Gasteiger partial charge in [-0.05, 0) is 6.92 Å². The normalized spacial score (nSPS) is 13.8.